The maximum absolute atomic E-state index is 11.7. The predicted octanol–water partition coefficient (Wildman–Crippen LogP) is 3.33. The second-order valence-electron chi connectivity index (χ2n) is 5.16. The molecule has 0 aliphatic heterocycles. The van der Waals surface area contributed by atoms with E-state index in [1.165, 1.54) is 12.7 Å². The fourth-order valence-corrected chi connectivity index (χ4v) is 2.80. The van der Waals surface area contributed by atoms with Crippen molar-refractivity contribution < 1.29 is 9.53 Å². The Morgan fingerprint density at radius 2 is 1.85 bits per heavy atom. The SMILES string of the molecule is COC(=O)c1cccc(C2CC2c2ccccc2)c1N. The molecule has 102 valence electrons. The number of benzene rings is 2. The largest absolute Gasteiger partial charge is 0.465 e. The number of hydrogen-bond acceptors (Lipinski definition) is 3. The molecule has 0 heterocycles. The van der Waals surface area contributed by atoms with Crippen LogP contribution in [0.5, 0.6) is 0 Å². The molecule has 0 saturated heterocycles. The minimum absolute atomic E-state index is 0.374. The van der Waals surface area contributed by atoms with Gasteiger partial charge in [-0.1, -0.05) is 42.5 Å². The van der Waals surface area contributed by atoms with Crippen molar-refractivity contribution in [2.75, 3.05) is 12.8 Å². The Kier molecular flexibility index (Phi) is 3.18. The van der Waals surface area contributed by atoms with Crippen LogP contribution in [0.15, 0.2) is 48.5 Å². The number of rotatable bonds is 3. The first-order valence-corrected chi connectivity index (χ1v) is 6.74. The Bertz CT molecular complexity index is 637. The number of carbonyl (C=O) groups is 1. The van der Waals surface area contributed by atoms with E-state index in [4.69, 9.17) is 10.5 Å². The molecule has 2 atom stereocenters. The first-order chi connectivity index (χ1) is 9.72. The Balaban J connectivity index is 1.88. The van der Waals surface area contributed by atoms with E-state index in [2.05, 4.69) is 24.3 Å². The van der Waals surface area contributed by atoms with Crippen molar-refractivity contribution in [1.29, 1.82) is 0 Å². The van der Waals surface area contributed by atoms with Crippen LogP contribution in [0.25, 0.3) is 0 Å². The Hall–Kier alpha value is -2.29. The summed E-state index contributed by atoms with van der Waals surface area (Å²) in [5.74, 6) is 0.537. The molecule has 0 amide bonds. The number of ether oxygens (including phenoxy) is 1. The maximum atomic E-state index is 11.7. The summed E-state index contributed by atoms with van der Waals surface area (Å²) < 4.78 is 4.76. The van der Waals surface area contributed by atoms with Crippen molar-refractivity contribution >= 4 is 11.7 Å². The molecule has 0 aromatic heterocycles. The van der Waals surface area contributed by atoms with Crippen LogP contribution in [0.2, 0.25) is 0 Å². The van der Waals surface area contributed by atoms with Gasteiger partial charge in [0.2, 0.25) is 0 Å². The zero-order chi connectivity index (χ0) is 14.1. The molecule has 0 spiro atoms. The van der Waals surface area contributed by atoms with Crippen molar-refractivity contribution in [2.24, 2.45) is 0 Å². The number of hydrogen-bond donors (Lipinski definition) is 1. The topological polar surface area (TPSA) is 52.3 Å². The minimum atomic E-state index is -0.374. The standard InChI is InChI=1S/C17H17NO2/c1-20-17(19)13-9-5-8-12(16(13)18)15-10-14(15)11-6-3-2-4-7-11/h2-9,14-15H,10,18H2,1H3. The lowest BCUT2D eigenvalue weighted by Gasteiger charge is -2.09. The summed E-state index contributed by atoms with van der Waals surface area (Å²) in [7, 11) is 1.37. The lowest BCUT2D eigenvalue weighted by atomic mass is 10.0. The van der Waals surface area contributed by atoms with Gasteiger partial charge in [0, 0.05) is 5.69 Å². The molecule has 1 aliphatic carbocycles. The molecular formula is C17H17NO2. The van der Waals surface area contributed by atoms with Gasteiger partial charge in [0.25, 0.3) is 0 Å². The molecule has 1 aliphatic rings. The highest BCUT2D eigenvalue weighted by Gasteiger charge is 2.40. The van der Waals surface area contributed by atoms with Crippen LogP contribution in [0.1, 0.15) is 39.7 Å². The molecule has 2 aromatic rings. The molecule has 3 nitrogen and oxygen atoms in total. The second kappa shape index (κ2) is 5.00. The number of nitrogen functional groups attached to an aromatic ring is 1. The fraction of sp³-hybridized carbons (Fsp3) is 0.235. The van der Waals surface area contributed by atoms with E-state index in [0.717, 1.165) is 12.0 Å². The average molecular weight is 267 g/mol. The van der Waals surface area contributed by atoms with Crippen LogP contribution in [-0.4, -0.2) is 13.1 Å². The lowest BCUT2D eigenvalue weighted by Crippen LogP contribution is -2.07. The smallest absolute Gasteiger partial charge is 0.339 e. The van der Waals surface area contributed by atoms with E-state index in [-0.39, 0.29) is 5.97 Å². The van der Waals surface area contributed by atoms with E-state index in [1.807, 2.05) is 18.2 Å². The van der Waals surface area contributed by atoms with Gasteiger partial charge in [-0.3, -0.25) is 0 Å². The summed E-state index contributed by atoms with van der Waals surface area (Å²) in [5, 5.41) is 0. The van der Waals surface area contributed by atoms with Crippen LogP contribution >= 0.6 is 0 Å². The third-order valence-corrected chi connectivity index (χ3v) is 3.96. The molecule has 2 unspecified atom stereocenters. The average Bonchev–Trinajstić information content (AvgIpc) is 3.28. The summed E-state index contributed by atoms with van der Waals surface area (Å²) >= 11 is 0. The third-order valence-electron chi connectivity index (χ3n) is 3.96. The van der Waals surface area contributed by atoms with E-state index in [1.54, 1.807) is 6.07 Å². The Morgan fingerprint density at radius 1 is 1.10 bits per heavy atom. The van der Waals surface area contributed by atoms with Crippen LogP contribution in [-0.2, 0) is 4.74 Å². The molecule has 1 saturated carbocycles. The quantitative estimate of drug-likeness (QED) is 0.685. The maximum Gasteiger partial charge on any atom is 0.339 e. The predicted molar refractivity (Wildman–Crippen MR) is 78.7 cm³/mol. The van der Waals surface area contributed by atoms with Gasteiger partial charge >= 0.3 is 5.97 Å². The van der Waals surface area contributed by atoms with Crippen molar-refractivity contribution in [3.8, 4) is 0 Å². The number of anilines is 1. The van der Waals surface area contributed by atoms with Crippen LogP contribution in [0.4, 0.5) is 5.69 Å². The van der Waals surface area contributed by atoms with Crippen molar-refractivity contribution in [3.63, 3.8) is 0 Å². The van der Waals surface area contributed by atoms with Gasteiger partial charge in [-0.05, 0) is 35.4 Å². The molecule has 3 heteroatoms. The highest BCUT2D eigenvalue weighted by Crippen LogP contribution is 2.56. The van der Waals surface area contributed by atoms with Gasteiger partial charge < -0.3 is 10.5 Å². The third kappa shape index (κ3) is 2.16. The summed E-state index contributed by atoms with van der Waals surface area (Å²) in [6, 6.07) is 16.0. The normalized spacial score (nSPS) is 20.4. The summed E-state index contributed by atoms with van der Waals surface area (Å²) in [6.45, 7) is 0. The molecule has 20 heavy (non-hydrogen) atoms. The first-order valence-electron chi connectivity index (χ1n) is 6.74. The highest BCUT2D eigenvalue weighted by molar-refractivity contribution is 5.96. The van der Waals surface area contributed by atoms with E-state index in [9.17, 15) is 4.79 Å². The molecule has 1 fully saturated rings. The number of esters is 1. The van der Waals surface area contributed by atoms with E-state index >= 15 is 0 Å². The van der Waals surface area contributed by atoms with Gasteiger partial charge in [-0.25, -0.2) is 4.79 Å². The zero-order valence-corrected chi connectivity index (χ0v) is 11.4. The van der Waals surface area contributed by atoms with Gasteiger partial charge in [0.1, 0.15) is 0 Å². The van der Waals surface area contributed by atoms with Gasteiger partial charge in [0.05, 0.1) is 12.7 Å². The van der Waals surface area contributed by atoms with E-state index < -0.39 is 0 Å². The Labute approximate surface area is 118 Å². The molecule has 3 rings (SSSR count). The van der Waals surface area contributed by atoms with Crippen molar-refractivity contribution in [3.05, 3.63) is 65.2 Å². The second-order valence-corrected chi connectivity index (χ2v) is 5.16. The summed E-state index contributed by atoms with van der Waals surface area (Å²) in [4.78, 5) is 11.7. The molecular weight excluding hydrogens is 250 g/mol. The number of nitrogens with two attached hydrogens (primary N) is 1. The fourth-order valence-electron chi connectivity index (χ4n) is 2.80. The number of carbonyl (C=O) groups excluding carboxylic acids is 1. The van der Waals surface area contributed by atoms with Gasteiger partial charge in [0.15, 0.2) is 0 Å². The van der Waals surface area contributed by atoms with Crippen LogP contribution in [0, 0.1) is 0 Å². The molecule has 2 aromatic carbocycles. The minimum Gasteiger partial charge on any atom is -0.465 e. The van der Waals surface area contributed by atoms with E-state index in [0.29, 0.717) is 23.1 Å². The highest BCUT2D eigenvalue weighted by atomic mass is 16.5. The Morgan fingerprint density at radius 3 is 2.55 bits per heavy atom. The number of methoxy groups -OCH3 is 1. The monoisotopic (exact) mass is 267 g/mol. The molecule has 0 bridgehead atoms. The number of para-hydroxylation sites is 1. The van der Waals surface area contributed by atoms with Crippen molar-refractivity contribution in [2.45, 2.75) is 18.3 Å². The van der Waals surface area contributed by atoms with Gasteiger partial charge in [-0.2, -0.15) is 0 Å². The summed E-state index contributed by atoms with van der Waals surface area (Å²) in [5.41, 5.74) is 9.55. The lowest BCUT2D eigenvalue weighted by molar-refractivity contribution is 0.0602. The zero-order valence-electron chi connectivity index (χ0n) is 11.4. The van der Waals surface area contributed by atoms with Crippen LogP contribution < -0.4 is 5.73 Å². The van der Waals surface area contributed by atoms with Crippen molar-refractivity contribution in [1.82, 2.24) is 0 Å². The molecule has 2 N–H and O–H groups in total. The van der Waals surface area contributed by atoms with Gasteiger partial charge in [-0.15, -0.1) is 0 Å². The summed E-state index contributed by atoms with van der Waals surface area (Å²) in [6.07, 6.45) is 1.08. The van der Waals surface area contributed by atoms with Crippen LogP contribution in [0.3, 0.4) is 0 Å². The molecule has 0 radical (unpaired) electrons. The first kappa shape index (κ1) is 12.7.